The van der Waals surface area contributed by atoms with Crippen LogP contribution in [0, 0.1) is 0 Å². The Morgan fingerprint density at radius 1 is 1.02 bits per heavy atom. The Labute approximate surface area is 259 Å². The molecule has 45 heavy (non-hydrogen) atoms. The van der Waals surface area contributed by atoms with Gasteiger partial charge in [-0.05, 0) is 62.4 Å². The average molecular weight is 634 g/mol. The lowest BCUT2D eigenvalue weighted by Gasteiger charge is -2.18. The van der Waals surface area contributed by atoms with E-state index in [2.05, 4.69) is 30.9 Å². The summed E-state index contributed by atoms with van der Waals surface area (Å²) in [5.41, 5.74) is 7.84. The van der Waals surface area contributed by atoms with Crippen LogP contribution in [0.15, 0.2) is 42.5 Å². The number of anilines is 3. The number of hydrogen-bond acceptors (Lipinski definition) is 12. The highest BCUT2D eigenvalue weighted by molar-refractivity contribution is 5.75. The van der Waals surface area contributed by atoms with Crippen LogP contribution in [0.1, 0.15) is 43.2 Å². The number of alkyl halides is 3. The van der Waals surface area contributed by atoms with Crippen LogP contribution in [-0.2, 0) is 22.6 Å². The maximum absolute atomic E-state index is 12.9. The molecule has 1 unspecified atom stereocenters. The highest BCUT2D eigenvalue weighted by atomic mass is 19.4. The third-order valence-electron chi connectivity index (χ3n) is 6.72. The Hall–Kier alpha value is -4.37. The molecule has 0 saturated carbocycles. The van der Waals surface area contributed by atoms with Gasteiger partial charge in [0.05, 0.1) is 20.3 Å². The van der Waals surface area contributed by atoms with Gasteiger partial charge in [-0.15, -0.1) is 0 Å². The average Bonchev–Trinajstić information content (AvgIpc) is 3.02. The maximum atomic E-state index is 12.9. The number of rotatable bonds is 8. The molecule has 3 aromatic rings. The van der Waals surface area contributed by atoms with Gasteiger partial charge >= 0.3 is 18.2 Å². The van der Waals surface area contributed by atoms with Crippen LogP contribution >= 0.6 is 0 Å². The fourth-order valence-corrected chi connectivity index (χ4v) is 4.40. The van der Waals surface area contributed by atoms with Gasteiger partial charge in [-0.2, -0.15) is 28.1 Å². The van der Waals surface area contributed by atoms with Crippen LogP contribution in [0.25, 0.3) is 0 Å². The van der Waals surface area contributed by atoms with E-state index in [1.807, 2.05) is 24.3 Å². The number of hydrogen-bond donors (Lipinski definition) is 4. The first kappa shape index (κ1) is 33.5. The van der Waals surface area contributed by atoms with Gasteiger partial charge in [-0.1, -0.05) is 18.2 Å². The summed E-state index contributed by atoms with van der Waals surface area (Å²) in [5, 5.41) is 9.20. The minimum atomic E-state index is -4.58. The first-order valence-electron chi connectivity index (χ1n) is 14.7. The fourth-order valence-electron chi connectivity index (χ4n) is 4.40. The highest BCUT2D eigenvalue weighted by Crippen LogP contribution is 2.27. The first-order chi connectivity index (χ1) is 21.7. The van der Waals surface area contributed by atoms with Crippen molar-refractivity contribution >= 4 is 23.6 Å². The molecule has 3 heterocycles. The lowest BCUT2D eigenvalue weighted by atomic mass is 10.1. The van der Waals surface area contributed by atoms with Crippen LogP contribution in [0.2, 0.25) is 0 Å². The maximum Gasteiger partial charge on any atom is 0.422 e. The Balaban J connectivity index is 1.60. The zero-order chi connectivity index (χ0) is 32.1. The number of methoxy groups -OCH3 is 1. The van der Waals surface area contributed by atoms with Gasteiger partial charge in [-0.25, -0.2) is 0 Å². The van der Waals surface area contributed by atoms with Crippen LogP contribution in [0.3, 0.4) is 0 Å². The smallest absolute Gasteiger partial charge is 0.422 e. The molecule has 0 fully saturated rings. The Bertz CT molecular complexity index is 1380. The van der Waals surface area contributed by atoms with Crippen molar-refractivity contribution in [1.82, 2.24) is 20.3 Å². The predicted molar refractivity (Wildman–Crippen MR) is 161 cm³/mol. The lowest BCUT2D eigenvalue weighted by molar-refractivity contribution is -0.154. The second-order valence-electron chi connectivity index (χ2n) is 10.3. The van der Waals surface area contributed by atoms with Gasteiger partial charge in [-0.3, -0.25) is 4.79 Å². The summed E-state index contributed by atoms with van der Waals surface area (Å²) in [6.07, 6.45) is -0.571. The molecule has 12 nitrogen and oxygen atoms in total. The summed E-state index contributed by atoms with van der Waals surface area (Å²) in [6, 6.07) is 11.7. The number of ether oxygens (including phenoxy) is 4. The Morgan fingerprint density at radius 2 is 1.76 bits per heavy atom. The van der Waals surface area contributed by atoms with Crippen LogP contribution in [0.4, 0.5) is 30.8 Å². The number of esters is 1. The van der Waals surface area contributed by atoms with E-state index < -0.39 is 30.8 Å². The molecule has 1 atom stereocenters. The van der Waals surface area contributed by atoms with Gasteiger partial charge in [0.15, 0.2) is 6.61 Å². The number of carbonyl (C=O) groups is 1. The van der Waals surface area contributed by atoms with Crippen molar-refractivity contribution in [1.29, 1.82) is 0 Å². The molecule has 244 valence electrons. The minimum absolute atomic E-state index is 0.0157. The molecule has 2 aromatic carbocycles. The zero-order valence-electron chi connectivity index (χ0n) is 25.0. The standard InChI is InChI=1S/C30H38F3N7O5/c1-42-26(41)24(12-13-34)35-18-21-8-9-22-16-25(21)44-15-5-3-2-4-14-43-23-10-6-20(7-11-23)17-36-27-38-28(37-22)40-29(39-27)45-19-30(31,32)33/h6-11,16,24,35H,2-5,12-15,17-19,34H2,1H3,(H2,36,37,38,39,40). The van der Waals surface area contributed by atoms with E-state index in [4.69, 9.17) is 24.7 Å². The fraction of sp³-hybridized carbons (Fsp3) is 0.467. The number of aromatic nitrogens is 3. The highest BCUT2D eigenvalue weighted by Gasteiger charge is 2.29. The van der Waals surface area contributed by atoms with Crippen molar-refractivity contribution in [3.8, 4) is 17.5 Å². The number of halogens is 3. The zero-order valence-corrected chi connectivity index (χ0v) is 25.0. The predicted octanol–water partition coefficient (Wildman–Crippen LogP) is 4.48. The summed E-state index contributed by atoms with van der Waals surface area (Å²) in [4.78, 5) is 24.5. The van der Waals surface area contributed by atoms with Crippen molar-refractivity contribution in [2.24, 2.45) is 5.73 Å². The third kappa shape index (κ3) is 11.2. The quantitative estimate of drug-likeness (QED) is 0.259. The molecule has 0 amide bonds. The number of carbonyl (C=O) groups excluding carboxylic acids is 1. The second kappa shape index (κ2) is 16.6. The third-order valence-corrected chi connectivity index (χ3v) is 6.72. The molecule has 0 aliphatic carbocycles. The van der Waals surface area contributed by atoms with Crippen LogP contribution in [0.5, 0.6) is 17.5 Å². The molecule has 0 saturated heterocycles. The van der Waals surface area contributed by atoms with E-state index in [-0.39, 0.29) is 11.9 Å². The van der Waals surface area contributed by atoms with Gasteiger partial charge in [0.2, 0.25) is 11.9 Å². The van der Waals surface area contributed by atoms with Crippen molar-refractivity contribution < 1.29 is 36.9 Å². The molecule has 6 bridgehead atoms. The molecule has 15 heteroatoms. The number of nitrogens with zero attached hydrogens (tertiary/aromatic N) is 3. The van der Waals surface area contributed by atoms with E-state index in [0.29, 0.717) is 50.7 Å². The van der Waals surface area contributed by atoms with Crippen molar-refractivity contribution in [2.75, 3.05) is 44.1 Å². The molecule has 5 N–H and O–H groups in total. The Morgan fingerprint density at radius 3 is 2.47 bits per heavy atom. The molecular weight excluding hydrogens is 595 g/mol. The van der Waals surface area contributed by atoms with E-state index in [1.165, 1.54) is 7.11 Å². The van der Waals surface area contributed by atoms with Gasteiger partial charge < -0.3 is 40.6 Å². The van der Waals surface area contributed by atoms with Crippen LogP contribution < -0.4 is 35.9 Å². The summed E-state index contributed by atoms with van der Waals surface area (Å²) < 4.78 is 60.4. The van der Waals surface area contributed by atoms with Gasteiger partial charge in [0.25, 0.3) is 0 Å². The van der Waals surface area contributed by atoms with E-state index >= 15 is 0 Å². The molecule has 2 aliphatic heterocycles. The minimum Gasteiger partial charge on any atom is -0.494 e. The molecular formula is C30H38F3N7O5. The summed E-state index contributed by atoms with van der Waals surface area (Å²) in [5.74, 6) is 0.843. The number of fused-ring (bicyclic) bond motifs is 10. The number of nitrogens with two attached hydrogens (primary N) is 1. The number of benzene rings is 2. The van der Waals surface area contributed by atoms with Crippen molar-refractivity contribution in [2.45, 2.75) is 57.4 Å². The molecule has 5 rings (SSSR count). The van der Waals surface area contributed by atoms with Crippen LogP contribution in [-0.4, -0.2) is 66.6 Å². The van der Waals surface area contributed by atoms with Crippen molar-refractivity contribution in [3.63, 3.8) is 0 Å². The van der Waals surface area contributed by atoms with Crippen molar-refractivity contribution in [3.05, 3.63) is 53.6 Å². The SMILES string of the molecule is COC(=O)C(CCN)NCc1ccc2cc1OCCCCCCOc1ccc(cc1)CNc1nc(nc(OCC(F)(F)F)n1)N2. The van der Waals surface area contributed by atoms with E-state index in [0.717, 1.165) is 42.6 Å². The largest absolute Gasteiger partial charge is 0.494 e. The topological polar surface area (TPSA) is 155 Å². The van der Waals surface area contributed by atoms with E-state index in [1.54, 1.807) is 18.2 Å². The second-order valence-corrected chi connectivity index (χ2v) is 10.3. The molecule has 2 aliphatic rings. The molecule has 0 spiro atoms. The summed E-state index contributed by atoms with van der Waals surface area (Å²) in [7, 11) is 1.32. The number of nitrogens with one attached hydrogen (secondary N) is 3. The lowest BCUT2D eigenvalue weighted by Crippen LogP contribution is -2.38. The monoisotopic (exact) mass is 633 g/mol. The molecule has 1 aromatic heterocycles. The molecule has 0 radical (unpaired) electrons. The van der Waals surface area contributed by atoms with E-state index in [9.17, 15) is 18.0 Å². The summed E-state index contributed by atoms with van der Waals surface area (Å²) >= 11 is 0. The normalized spacial score (nSPS) is 14.9. The summed E-state index contributed by atoms with van der Waals surface area (Å²) in [6.45, 7) is 0.346. The van der Waals surface area contributed by atoms with Gasteiger partial charge in [0.1, 0.15) is 17.5 Å². The Kier molecular flexibility index (Phi) is 12.4. The first-order valence-corrected chi connectivity index (χ1v) is 14.7. The van der Waals surface area contributed by atoms with Gasteiger partial charge in [0, 0.05) is 30.4 Å².